The van der Waals surface area contributed by atoms with Gasteiger partial charge in [-0.25, -0.2) is 0 Å². The van der Waals surface area contributed by atoms with Gasteiger partial charge in [-0.05, 0) is 39.2 Å². The maximum Gasteiger partial charge on any atom is 0.0547 e. The molecule has 0 spiro atoms. The average Bonchev–Trinajstić information content (AvgIpc) is 2.24. The first-order chi connectivity index (χ1) is 7.31. The molecule has 0 fully saturated rings. The normalized spacial score (nSPS) is 13.0. The van der Waals surface area contributed by atoms with Crippen molar-refractivity contribution >= 4 is 0 Å². The highest BCUT2D eigenvalue weighted by atomic mass is 16.5. The van der Waals surface area contributed by atoms with Gasteiger partial charge in [-0.3, -0.25) is 0 Å². The van der Waals surface area contributed by atoms with E-state index in [4.69, 9.17) is 10.5 Å². The van der Waals surface area contributed by atoms with Crippen LogP contribution in [0.3, 0.4) is 0 Å². The van der Waals surface area contributed by atoms with Gasteiger partial charge >= 0.3 is 0 Å². The van der Waals surface area contributed by atoms with E-state index in [0.29, 0.717) is 6.10 Å². The molecule has 0 aliphatic rings. The molecule has 15 heavy (non-hydrogen) atoms. The van der Waals surface area contributed by atoms with E-state index in [1.54, 1.807) is 0 Å². The van der Waals surface area contributed by atoms with E-state index in [2.05, 4.69) is 13.8 Å². The van der Waals surface area contributed by atoms with Gasteiger partial charge in [0.25, 0.3) is 0 Å². The summed E-state index contributed by atoms with van der Waals surface area (Å²) in [5, 5.41) is 0. The van der Waals surface area contributed by atoms with Crippen LogP contribution in [-0.2, 0) is 4.74 Å². The maximum atomic E-state index is 5.73. The molecule has 0 heterocycles. The molecule has 0 radical (unpaired) electrons. The monoisotopic (exact) mass is 215 g/mol. The second-order valence-corrected chi connectivity index (χ2v) is 4.38. The summed E-state index contributed by atoms with van der Waals surface area (Å²) >= 11 is 0. The zero-order valence-electron chi connectivity index (χ0n) is 10.6. The molecule has 0 saturated carbocycles. The minimum atomic E-state index is 0.444. The summed E-state index contributed by atoms with van der Waals surface area (Å²) < 4.78 is 5.73. The van der Waals surface area contributed by atoms with Crippen molar-refractivity contribution in [3.8, 4) is 0 Å². The Bertz CT molecular complexity index is 117. The van der Waals surface area contributed by atoms with E-state index in [1.165, 1.54) is 38.5 Å². The highest BCUT2D eigenvalue weighted by molar-refractivity contribution is 4.52. The van der Waals surface area contributed by atoms with Crippen molar-refractivity contribution in [2.45, 2.75) is 71.3 Å². The Morgan fingerprint density at radius 1 is 1.00 bits per heavy atom. The Morgan fingerprint density at radius 2 is 1.73 bits per heavy atom. The largest absolute Gasteiger partial charge is 0.379 e. The van der Waals surface area contributed by atoms with Crippen LogP contribution in [0.25, 0.3) is 0 Å². The quantitative estimate of drug-likeness (QED) is 0.535. The average molecular weight is 215 g/mol. The lowest BCUT2D eigenvalue weighted by molar-refractivity contribution is 0.0559. The van der Waals surface area contributed by atoms with E-state index in [-0.39, 0.29) is 0 Å². The lowest BCUT2D eigenvalue weighted by atomic mass is 10.1. The van der Waals surface area contributed by atoms with Gasteiger partial charge in [-0.15, -0.1) is 0 Å². The predicted molar refractivity (Wildman–Crippen MR) is 67.1 cm³/mol. The SMILES string of the molecule is CCCCCCC(C)OCCCCCN. The number of rotatable bonds is 11. The summed E-state index contributed by atoms with van der Waals surface area (Å²) in [6.07, 6.45) is 10.5. The molecule has 0 amide bonds. The van der Waals surface area contributed by atoms with E-state index in [1.807, 2.05) is 0 Å². The minimum Gasteiger partial charge on any atom is -0.379 e. The molecule has 0 saturated heterocycles. The van der Waals surface area contributed by atoms with Crippen LogP contribution in [0.2, 0.25) is 0 Å². The van der Waals surface area contributed by atoms with E-state index in [0.717, 1.165) is 26.0 Å². The fourth-order valence-corrected chi connectivity index (χ4v) is 1.65. The Labute approximate surface area is 95.6 Å². The van der Waals surface area contributed by atoms with Crippen LogP contribution in [0.5, 0.6) is 0 Å². The Balaban J connectivity index is 3.08. The summed E-state index contributed by atoms with van der Waals surface area (Å²) in [4.78, 5) is 0. The number of ether oxygens (including phenoxy) is 1. The fraction of sp³-hybridized carbons (Fsp3) is 1.00. The molecule has 1 unspecified atom stereocenters. The standard InChI is InChI=1S/C13H29NO/c1-3-4-5-7-10-13(2)15-12-9-6-8-11-14/h13H,3-12,14H2,1-2H3. The van der Waals surface area contributed by atoms with E-state index < -0.39 is 0 Å². The van der Waals surface area contributed by atoms with Crippen molar-refractivity contribution in [2.24, 2.45) is 5.73 Å². The molecule has 0 aromatic rings. The number of hydrogen-bond acceptors (Lipinski definition) is 2. The maximum absolute atomic E-state index is 5.73. The van der Waals surface area contributed by atoms with Crippen LogP contribution in [0.4, 0.5) is 0 Å². The number of nitrogens with two attached hydrogens (primary N) is 1. The van der Waals surface area contributed by atoms with Crippen LogP contribution in [0, 0.1) is 0 Å². The summed E-state index contributed by atoms with van der Waals surface area (Å²) in [5.41, 5.74) is 5.42. The van der Waals surface area contributed by atoms with Gasteiger partial charge in [-0.2, -0.15) is 0 Å². The van der Waals surface area contributed by atoms with Crippen LogP contribution < -0.4 is 5.73 Å². The van der Waals surface area contributed by atoms with Crippen LogP contribution >= 0.6 is 0 Å². The smallest absolute Gasteiger partial charge is 0.0547 e. The highest BCUT2D eigenvalue weighted by Gasteiger charge is 2.01. The van der Waals surface area contributed by atoms with Crippen molar-refractivity contribution < 1.29 is 4.74 Å². The molecule has 0 aromatic carbocycles. The molecular weight excluding hydrogens is 186 g/mol. The lowest BCUT2D eigenvalue weighted by Crippen LogP contribution is -2.09. The van der Waals surface area contributed by atoms with Gasteiger partial charge in [0.05, 0.1) is 6.10 Å². The molecule has 92 valence electrons. The summed E-state index contributed by atoms with van der Waals surface area (Å²) in [7, 11) is 0. The molecule has 0 aliphatic carbocycles. The lowest BCUT2D eigenvalue weighted by Gasteiger charge is -2.12. The molecular formula is C13H29NO. The van der Waals surface area contributed by atoms with Gasteiger partial charge in [0, 0.05) is 6.61 Å². The molecule has 2 heteroatoms. The summed E-state index contributed by atoms with van der Waals surface area (Å²) in [5.74, 6) is 0. The third kappa shape index (κ3) is 11.8. The van der Waals surface area contributed by atoms with E-state index in [9.17, 15) is 0 Å². The van der Waals surface area contributed by atoms with Crippen molar-refractivity contribution in [3.05, 3.63) is 0 Å². The van der Waals surface area contributed by atoms with Crippen molar-refractivity contribution in [1.82, 2.24) is 0 Å². The Kier molecular flexibility index (Phi) is 11.9. The Hall–Kier alpha value is -0.0800. The van der Waals surface area contributed by atoms with Gasteiger partial charge in [0.2, 0.25) is 0 Å². The van der Waals surface area contributed by atoms with Crippen LogP contribution in [0.1, 0.15) is 65.2 Å². The molecule has 0 rings (SSSR count). The second-order valence-electron chi connectivity index (χ2n) is 4.38. The van der Waals surface area contributed by atoms with Crippen molar-refractivity contribution in [2.75, 3.05) is 13.2 Å². The minimum absolute atomic E-state index is 0.444. The first kappa shape index (κ1) is 14.9. The zero-order chi connectivity index (χ0) is 11.4. The number of hydrogen-bond donors (Lipinski definition) is 1. The van der Waals surface area contributed by atoms with Gasteiger partial charge in [0.15, 0.2) is 0 Å². The van der Waals surface area contributed by atoms with Gasteiger partial charge < -0.3 is 10.5 Å². The molecule has 0 bridgehead atoms. The van der Waals surface area contributed by atoms with Crippen LogP contribution in [-0.4, -0.2) is 19.3 Å². The second kappa shape index (κ2) is 12.0. The first-order valence-corrected chi connectivity index (χ1v) is 6.63. The first-order valence-electron chi connectivity index (χ1n) is 6.63. The molecule has 2 nitrogen and oxygen atoms in total. The zero-order valence-corrected chi connectivity index (χ0v) is 10.6. The fourth-order valence-electron chi connectivity index (χ4n) is 1.65. The molecule has 1 atom stereocenters. The highest BCUT2D eigenvalue weighted by Crippen LogP contribution is 2.08. The molecule has 0 aromatic heterocycles. The van der Waals surface area contributed by atoms with Crippen LogP contribution in [0.15, 0.2) is 0 Å². The van der Waals surface area contributed by atoms with Crippen molar-refractivity contribution in [3.63, 3.8) is 0 Å². The molecule has 0 aliphatic heterocycles. The van der Waals surface area contributed by atoms with E-state index >= 15 is 0 Å². The third-order valence-corrected chi connectivity index (χ3v) is 2.72. The van der Waals surface area contributed by atoms with Gasteiger partial charge in [0.1, 0.15) is 0 Å². The summed E-state index contributed by atoms with van der Waals surface area (Å²) in [6.45, 7) is 6.16. The third-order valence-electron chi connectivity index (χ3n) is 2.72. The molecule has 2 N–H and O–H groups in total. The summed E-state index contributed by atoms with van der Waals surface area (Å²) in [6, 6.07) is 0. The van der Waals surface area contributed by atoms with Crippen molar-refractivity contribution in [1.29, 1.82) is 0 Å². The van der Waals surface area contributed by atoms with Gasteiger partial charge in [-0.1, -0.05) is 32.6 Å². The topological polar surface area (TPSA) is 35.2 Å². The number of unbranched alkanes of at least 4 members (excludes halogenated alkanes) is 5. The Morgan fingerprint density at radius 3 is 2.40 bits per heavy atom. The predicted octanol–water partition coefficient (Wildman–Crippen LogP) is 3.49.